The lowest BCUT2D eigenvalue weighted by Crippen LogP contribution is -2.46. The van der Waals surface area contributed by atoms with Gasteiger partial charge in [0.1, 0.15) is 5.75 Å². The van der Waals surface area contributed by atoms with Gasteiger partial charge in [-0.1, -0.05) is 32.9 Å². The van der Waals surface area contributed by atoms with Crippen LogP contribution in [-0.2, 0) is 29.6 Å². The lowest BCUT2D eigenvalue weighted by molar-refractivity contribution is -0.161. The lowest BCUT2D eigenvalue weighted by atomic mass is 9.87. The molecule has 0 bridgehead atoms. The normalized spacial score (nSPS) is 19.4. The van der Waals surface area contributed by atoms with Crippen molar-refractivity contribution in [3.63, 3.8) is 0 Å². The highest BCUT2D eigenvalue weighted by Gasteiger charge is 2.36. The minimum absolute atomic E-state index is 0.0249. The van der Waals surface area contributed by atoms with E-state index in [4.69, 9.17) is 9.47 Å². The molecule has 1 aliphatic rings. The lowest BCUT2D eigenvalue weighted by Gasteiger charge is -2.29. The molecule has 1 aromatic rings. The molecule has 0 aromatic heterocycles. The summed E-state index contributed by atoms with van der Waals surface area (Å²) in [6, 6.07) is 7.11. The number of carbonyl (C=O) groups is 2. The smallest absolute Gasteiger partial charge is 0.344 e. The molecule has 1 aromatic carbocycles. The van der Waals surface area contributed by atoms with Gasteiger partial charge in [0.05, 0.1) is 11.5 Å². The molecule has 0 radical (unpaired) electrons. The number of benzene rings is 1. The number of ether oxygens (including phenoxy) is 2. The van der Waals surface area contributed by atoms with Crippen molar-refractivity contribution in [1.82, 2.24) is 4.90 Å². The minimum atomic E-state index is -3.11. The van der Waals surface area contributed by atoms with E-state index < -0.39 is 27.8 Å². The SMILES string of the molecule is CCN(C(=O)[C@H](C)OC(=O)COc1ccc(C(C)(C)C)cc1)[C@@H]1CCS(=O)(=O)C1. The molecule has 1 amide bonds. The number of nitrogens with zero attached hydrogens (tertiary/aromatic N) is 1. The van der Waals surface area contributed by atoms with Crippen molar-refractivity contribution in [1.29, 1.82) is 0 Å². The van der Waals surface area contributed by atoms with E-state index in [1.54, 1.807) is 19.1 Å². The molecule has 0 saturated carbocycles. The maximum Gasteiger partial charge on any atom is 0.344 e. The van der Waals surface area contributed by atoms with Crippen LogP contribution in [0.4, 0.5) is 0 Å². The van der Waals surface area contributed by atoms with Crippen molar-refractivity contribution in [2.75, 3.05) is 24.7 Å². The Balaban J connectivity index is 1.87. The topological polar surface area (TPSA) is 90.0 Å². The number of esters is 1. The van der Waals surface area contributed by atoms with Crippen molar-refractivity contribution < 1.29 is 27.5 Å². The van der Waals surface area contributed by atoms with Gasteiger partial charge in [-0.15, -0.1) is 0 Å². The number of carbonyl (C=O) groups excluding carboxylic acids is 2. The van der Waals surface area contributed by atoms with Crippen LogP contribution >= 0.6 is 0 Å². The molecule has 29 heavy (non-hydrogen) atoms. The Labute approximate surface area is 173 Å². The van der Waals surface area contributed by atoms with Crippen LogP contribution in [0.5, 0.6) is 5.75 Å². The summed E-state index contributed by atoms with van der Waals surface area (Å²) < 4.78 is 34.0. The number of rotatable bonds is 7. The minimum Gasteiger partial charge on any atom is -0.482 e. The van der Waals surface area contributed by atoms with E-state index in [0.717, 1.165) is 5.56 Å². The standard InChI is InChI=1S/C21H31NO6S/c1-6-22(17-11-12-29(25,26)14-17)20(24)15(2)28-19(23)13-27-18-9-7-16(8-10-18)21(3,4)5/h7-10,15,17H,6,11-14H2,1-5H3/t15-,17+/m0/s1. The van der Waals surface area contributed by atoms with Gasteiger partial charge in [0, 0.05) is 12.6 Å². The van der Waals surface area contributed by atoms with Gasteiger partial charge >= 0.3 is 5.97 Å². The molecule has 1 saturated heterocycles. The number of hydrogen-bond acceptors (Lipinski definition) is 6. The summed E-state index contributed by atoms with van der Waals surface area (Å²) in [5.41, 5.74) is 1.18. The zero-order chi connectivity index (χ0) is 21.8. The summed E-state index contributed by atoms with van der Waals surface area (Å²) in [5, 5.41) is 0. The van der Waals surface area contributed by atoms with Gasteiger partial charge in [0.15, 0.2) is 22.5 Å². The van der Waals surface area contributed by atoms with E-state index in [1.807, 2.05) is 12.1 Å². The Kier molecular flexibility index (Phi) is 7.32. The largest absolute Gasteiger partial charge is 0.482 e. The summed E-state index contributed by atoms with van der Waals surface area (Å²) in [4.78, 5) is 26.2. The van der Waals surface area contributed by atoms with Crippen LogP contribution in [-0.4, -0.2) is 62.0 Å². The van der Waals surface area contributed by atoms with E-state index in [9.17, 15) is 18.0 Å². The van der Waals surface area contributed by atoms with Gasteiger partial charge in [0.2, 0.25) is 0 Å². The predicted molar refractivity (Wildman–Crippen MR) is 111 cm³/mol. The zero-order valence-electron chi connectivity index (χ0n) is 17.8. The first-order chi connectivity index (χ1) is 13.4. The van der Waals surface area contributed by atoms with Crippen molar-refractivity contribution in [3.05, 3.63) is 29.8 Å². The number of sulfone groups is 1. The van der Waals surface area contributed by atoms with Crippen molar-refractivity contribution >= 4 is 21.7 Å². The summed E-state index contributed by atoms with van der Waals surface area (Å²) in [7, 11) is -3.11. The third-order valence-corrected chi connectivity index (χ3v) is 6.76. The molecular weight excluding hydrogens is 394 g/mol. The maximum absolute atomic E-state index is 12.6. The summed E-state index contributed by atoms with van der Waals surface area (Å²) in [6.07, 6.45) is -0.589. The first kappa shape index (κ1) is 23.2. The van der Waals surface area contributed by atoms with E-state index in [2.05, 4.69) is 20.8 Å². The van der Waals surface area contributed by atoms with E-state index >= 15 is 0 Å². The molecule has 1 heterocycles. The van der Waals surface area contributed by atoms with Crippen LogP contribution in [0, 0.1) is 0 Å². The second-order valence-electron chi connectivity index (χ2n) is 8.38. The molecule has 0 aliphatic carbocycles. The van der Waals surface area contributed by atoms with Crippen LogP contribution in [0.25, 0.3) is 0 Å². The third kappa shape index (κ3) is 6.45. The summed E-state index contributed by atoms with van der Waals surface area (Å²) in [6.45, 7) is 9.65. The van der Waals surface area contributed by atoms with Crippen LogP contribution < -0.4 is 4.74 Å². The van der Waals surface area contributed by atoms with E-state index in [1.165, 1.54) is 11.8 Å². The Morgan fingerprint density at radius 2 is 1.83 bits per heavy atom. The highest BCUT2D eigenvalue weighted by atomic mass is 32.2. The van der Waals surface area contributed by atoms with Gasteiger partial charge in [-0.25, -0.2) is 13.2 Å². The van der Waals surface area contributed by atoms with Crippen LogP contribution in [0.1, 0.15) is 46.6 Å². The van der Waals surface area contributed by atoms with Crippen molar-refractivity contribution in [2.45, 2.75) is 58.6 Å². The Bertz CT molecular complexity index is 826. The second kappa shape index (κ2) is 9.15. The fourth-order valence-electron chi connectivity index (χ4n) is 3.32. The highest BCUT2D eigenvalue weighted by molar-refractivity contribution is 7.91. The molecule has 0 spiro atoms. The molecule has 0 unspecified atom stereocenters. The van der Waals surface area contributed by atoms with Gasteiger partial charge in [-0.2, -0.15) is 0 Å². The average molecular weight is 426 g/mol. The number of hydrogen-bond donors (Lipinski definition) is 0. The quantitative estimate of drug-likeness (QED) is 0.623. The van der Waals surface area contributed by atoms with Gasteiger partial charge in [-0.05, 0) is 43.4 Å². The zero-order valence-corrected chi connectivity index (χ0v) is 18.6. The van der Waals surface area contributed by atoms with E-state index in [-0.39, 0.29) is 29.6 Å². The Morgan fingerprint density at radius 3 is 2.31 bits per heavy atom. The Morgan fingerprint density at radius 1 is 1.21 bits per heavy atom. The second-order valence-corrected chi connectivity index (χ2v) is 10.6. The number of amides is 1. The Hall–Kier alpha value is -2.09. The van der Waals surface area contributed by atoms with E-state index in [0.29, 0.717) is 18.7 Å². The molecule has 7 nitrogen and oxygen atoms in total. The molecule has 0 N–H and O–H groups in total. The fraction of sp³-hybridized carbons (Fsp3) is 0.619. The molecule has 2 rings (SSSR count). The average Bonchev–Trinajstić information content (AvgIpc) is 2.99. The highest BCUT2D eigenvalue weighted by Crippen LogP contribution is 2.24. The summed E-state index contributed by atoms with van der Waals surface area (Å²) in [5.74, 6) is -0.461. The summed E-state index contributed by atoms with van der Waals surface area (Å²) >= 11 is 0. The molecular formula is C21H31NO6S. The van der Waals surface area contributed by atoms with Gasteiger partial charge < -0.3 is 14.4 Å². The van der Waals surface area contributed by atoms with Gasteiger partial charge in [-0.3, -0.25) is 4.79 Å². The molecule has 162 valence electrons. The molecule has 1 aliphatic heterocycles. The number of likely N-dealkylation sites (N-methyl/N-ethyl adjacent to an activating group) is 1. The van der Waals surface area contributed by atoms with Crippen molar-refractivity contribution in [2.24, 2.45) is 0 Å². The van der Waals surface area contributed by atoms with Crippen LogP contribution in [0.15, 0.2) is 24.3 Å². The third-order valence-electron chi connectivity index (χ3n) is 5.01. The first-order valence-electron chi connectivity index (χ1n) is 9.86. The van der Waals surface area contributed by atoms with Crippen molar-refractivity contribution in [3.8, 4) is 5.75 Å². The van der Waals surface area contributed by atoms with Gasteiger partial charge in [0.25, 0.3) is 5.91 Å². The van der Waals surface area contributed by atoms with Crippen LogP contribution in [0.2, 0.25) is 0 Å². The predicted octanol–water partition coefficient (Wildman–Crippen LogP) is 2.33. The first-order valence-corrected chi connectivity index (χ1v) is 11.7. The fourth-order valence-corrected chi connectivity index (χ4v) is 5.05. The van der Waals surface area contributed by atoms with Crippen LogP contribution in [0.3, 0.4) is 0 Å². The molecule has 1 fully saturated rings. The molecule has 8 heteroatoms. The molecule has 2 atom stereocenters. The maximum atomic E-state index is 12.6. The monoisotopic (exact) mass is 425 g/mol.